The van der Waals surface area contributed by atoms with Crippen molar-refractivity contribution in [3.8, 4) is 5.75 Å². The lowest BCUT2D eigenvalue weighted by atomic mass is 10.2. The second kappa shape index (κ2) is 7.52. The highest BCUT2D eigenvalue weighted by atomic mass is 32.1. The third kappa shape index (κ3) is 4.25. The minimum Gasteiger partial charge on any atom is -0.492 e. The van der Waals surface area contributed by atoms with Gasteiger partial charge in [0.15, 0.2) is 5.84 Å². The predicted molar refractivity (Wildman–Crippen MR) is 80.5 cm³/mol. The van der Waals surface area contributed by atoms with E-state index in [4.69, 9.17) is 15.7 Å². The van der Waals surface area contributed by atoms with Gasteiger partial charge in [0.1, 0.15) is 12.4 Å². The van der Waals surface area contributed by atoms with E-state index in [9.17, 15) is 0 Å². The minimum absolute atomic E-state index is 0.0918. The van der Waals surface area contributed by atoms with E-state index >= 15 is 0 Å². The summed E-state index contributed by atoms with van der Waals surface area (Å²) in [6.07, 6.45) is 0. The summed E-state index contributed by atoms with van der Waals surface area (Å²) in [6.45, 7) is 2.23. The molecule has 106 valence electrons. The number of nitrogens with two attached hydrogens (primary N) is 1. The van der Waals surface area contributed by atoms with Gasteiger partial charge in [-0.2, -0.15) is 0 Å². The molecule has 1 heterocycles. The van der Waals surface area contributed by atoms with Crippen LogP contribution >= 0.6 is 11.3 Å². The Morgan fingerprint density at radius 1 is 1.30 bits per heavy atom. The van der Waals surface area contributed by atoms with Gasteiger partial charge in [0.2, 0.25) is 0 Å². The van der Waals surface area contributed by atoms with Crippen molar-refractivity contribution in [1.29, 1.82) is 0 Å². The van der Waals surface area contributed by atoms with Gasteiger partial charge in [-0.3, -0.25) is 0 Å². The predicted octanol–water partition coefficient (Wildman–Crippen LogP) is 2.01. The van der Waals surface area contributed by atoms with Gasteiger partial charge in [-0.15, -0.1) is 11.3 Å². The average molecular weight is 291 g/mol. The number of nitrogens with one attached hydrogen (secondary N) is 1. The van der Waals surface area contributed by atoms with Gasteiger partial charge in [-0.05, 0) is 35.7 Å². The fourth-order valence-corrected chi connectivity index (χ4v) is 2.32. The second-order valence-corrected chi connectivity index (χ2v) is 5.15. The molecule has 1 aromatic carbocycles. The van der Waals surface area contributed by atoms with Gasteiger partial charge < -0.3 is 21.0 Å². The van der Waals surface area contributed by atoms with Gasteiger partial charge in [0, 0.05) is 23.5 Å². The van der Waals surface area contributed by atoms with Crippen LogP contribution < -0.4 is 15.8 Å². The maximum atomic E-state index is 8.56. The lowest BCUT2D eigenvalue weighted by Gasteiger charge is -2.07. The maximum absolute atomic E-state index is 8.56. The minimum atomic E-state index is 0.0918. The summed E-state index contributed by atoms with van der Waals surface area (Å²) < 4.78 is 5.59. The van der Waals surface area contributed by atoms with Crippen LogP contribution in [-0.2, 0) is 6.54 Å². The van der Waals surface area contributed by atoms with Crippen molar-refractivity contribution in [3.05, 3.63) is 52.2 Å². The number of nitrogens with zero attached hydrogens (tertiary/aromatic N) is 1. The molecule has 0 saturated carbocycles. The highest BCUT2D eigenvalue weighted by Crippen LogP contribution is 2.12. The normalized spacial score (nSPS) is 11.5. The first-order chi connectivity index (χ1) is 9.79. The monoisotopic (exact) mass is 291 g/mol. The largest absolute Gasteiger partial charge is 0.492 e. The number of rotatable bonds is 7. The van der Waals surface area contributed by atoms with Crippen LogP contribution in [-0.4, -0.2) is 24.2 Å². The summed E-state index contributed by atoms with van der Waals surface area (Å²) >= 11 is 1.74. The molecule has 0 amide bonds. The SMILES string of the molecule is NC(=NO)c1ccc(OCCNCc2cccs2)cc1. The van der Waals surface area contributed by atoms with Gasteiger partial charge in [0.05, 0.1) is 0 Å². The molecule has 1 aromatic heterocycles. The molecule has 0 aliphatic carbocycles. The van der Waals surface area contributed by atoms with Crippen LogP contribution in [0.5, 0.6) is 5.75 Å². The first-order valence-electron chi connectivity index (χ1n) is 6.23. The van der Waals surface area contributed by atoms with Crippen LogP contribution in [0.3, 0.4) is 0 Å². The van der Waals surface area contributed by atoms with E-state index in [1.54, 1.807) is 35.6 Å². The smallest absolute Gasteiger partial charge is 0.170 e. The molecule has 5 nitrogen and oxygen atoms in total. The first kappa shape index (κ1) is 14.4. The summed E-state index contributed by atoms with van der Waals surface area (Å²) in [7, 11) is 0. The summed E-state index contributed by atoms with van der Waals surface area (Å²) in [5.41, 5.74) is 6.14. The van der Waals surface area contributed by atoms with Crippen LogP contribution in [0.15, 0.2) is 46.9 Å². The van der Waals surface area contributed by atoms with Crippen LogP contribution in [0.4, 0.5) is 0 Å². The lowest BCUT2D eigenvalue weighted by Crippen LogP contribution is -2.20. The zero-order valence-corrected chi connectivity index (χ0v) is 11.8. The van der Waals surface area contributed by atoms with E-state index < -0.39 is 0 Å². The van der Waals surface area contributed by atoms with Gasteiger partial charge in [-0.1, -0.05) is 11.2 Å². The molecule has 0 bridgehead atoms. The van der Waals surface area contributed by atoms with Crippen molar-refractivity contribution in [3.63, 3.8) is 0 Å². The van der Waals surface area contributed by atoms with Crippen molar-refractivity contribution in [2.24, 2.45) is 10.9 Å². The Kier molecular flexibility index (Phi) is 5.40. The molecule has 6 heteroatoms. The Balaban J connectivity index is 1.69. The number of oxime groups is 1. The number of hydrogen-bond donors (Lipinski definition) is 3. The molecule has 4 N–H and O–H groups in total. The van der Waals surface area contributed by atoms with Crippen molar-refractivity contribution in [2.45, 2.75) is 6.54 Å². The van der Waals surface area contributed by atoms with E-state index in [1.165, 1.54) is 4.88 Å². The third-order valence-electron chi connectivity index (χ3n) is 2.68. The average Bonchev–Trinajstić information content (AvgIpc) is 3.00. The second-order valence-electron chi connectivity index (χ2n) is 4.11. The molecule has 2 aromatic rings. The van der Waals surface area contributed by atoms with E-state index in [-0.39, 0.29) is 5.84 Å². The Labute approximate surface area is 121 Å². The highest BCUT2D eigenvalue weighted by molar-refractivity contribution is 7.09. The molecular weight excluding hydrogens is 274 g/mol. The molecule has 20 heavy (non-hydrogen) atoms. The van der Waals surface area contributed by atoms with Crippen molar-refractivity contribution >= 4 is 17.2 Å². The Hall–Kier alpha value is -2.05. The zero-order chi connectivity index (χ0) is 14.2. The van der Waals surface area contributed by atoms with Crippen LogP contribution in [0, 0.1) is 0 Å². The molecule has 0 radical (unpaired) electrons. The maximum Gasteiger partial charge on any atom is 0.170 e. The molecule has 0 unspecified atom stereocenters. The number of amidine groups is 1. The highest BCUT2D eigenvalue weighted by Gasteiger charge is 1.99. The molecule has 2 rings (SSSR count). The van der Waals surface area contributed by atoms with E-state index in [0.717, 1.165) is 18.8 Å². The molecule has 0 saturated heterocycles. The molecule has 0 aliphatic rings. The summed E-state index contributed by atoms with van der Waals surface area (Å²) in [5, 5.41) is 16.9. The molecule has 0 fully saturated rings. The van der Waals surface area contributed by atoms with Gasteiger partial charge in [-0.25, -0.2) is 0 Å². The fraction of sp³-hybridized carbons (Fsp3) is 0.214. The molecular formula is C14H17N3O2S. The van der Waals surface area contributed by atoms with Crippen molar-refractivity contribution in [2.75, 3.05) is 13.2 Å². The van der Waals surface area contributed by atoms with E-state index in [2.05, 4.69) is 21.9 Å². The zero-order valence-electron chi connectivity index (χ0n) is 11.0. The number of hydrogen-bond acceptors (Lipinski definition) is 5. The van der Waals surface area contributed by atoms with Crippen LogP contribution in [0.1, 0.15) is 10.4 Å². The van der Waals surface area contributed by atoms with E-state index in [1.807, 2.05) is 6.07 Å². The fourth-order valence-electron chi connectivity index (χ4n) is 1.65. The number of benzene rings is 1. The Bertz CT molecular complexity index is 538. The molecule has 0 atom stereocenters. The quantitative estimate of drug-likeness (QED) is 0.240. The van der Waals surface area contributed by atoms with Crippen LogP contribution in [0.2, 0.25) is 0 Å². The lowest BCUT2D eigenvalue weighted by molar-refractivity contribution is 0.313. The van der Waals surface area contributed by atoms with E-state index in [0.29, 0.717) is 12.2 Å². The van der Waals surface area contributed by atoms with Crippen molar-refractivity contribution < 1.29 is 9.94 Å². The van der Waals surface area contributed by atoms with Gasteiger partial charge in [0.25, 0.3) is 0 Å². The molecule has 0 aliphatic heterocycles. The van der Waals surface area contributed by atoms with Gasteiger partial charge >= 0.3 is 0 Å². The first-order valence-corrected chi connectivity index (χ1v) is 7.11. The topological polar surface area (TPSA) is 79.9 Å². The number of thiophene rings is 1. The van der Waals surface area contributed by atoms with Crippen LogP contribution in [0.25, 0.3) is 0 Å². The molecule has 0 spiro atoms. The third-order valence-corrected chi connectivity index (χ3v) is 3.56. The summed E-state index contributed by atoms with van der Waals surface area (Å²) in [6, 6.07) is 11.2. The Morgan fingerprint density at radius 3 is 2.75 bits per heavy atom. The number of ether oxygens (including phenoxy) is 1. The van der Waals surface area contributed by atoms with Crippen molar-refractivity contribution in [1.82, 2.24) is 5.32 Å². The summed E-state index contributed by atoms with van der Waals surface area (Å²) in [4.78, 5) is 1.31. The summed E-state index contributed by atoms with van der Waals surface area (Å²) in [5.74, 6) is 0.853. The Morgan fingerprint density at radius 2 is 2.10 bits per heavy atom. The standard InChI is InChI=1S/C14H17N3O2S/c15-14(17-18)11-3-5-12(6-4-11)19-8-7-16-10-13-2-1-9-20-13/h1-6,9,16,18H,7-8,10H2,(H2,15,17).